The number of hydrogen-bond donors (Lipinski definition) is 1. The molecule has 26 heavy (non-hydrogen) atoms. The number of thioether (sulfide) groups is 1. The first kappa shape index (κ1) is 18.6. The number of carbonyl (C=O) groups excluding carboxylic acids is 1. The summed E-state index contributed by atoms with van der Waals surface area (Å²) in [6, 6.07) is 15.6. The molecular formula is C22H23NO2S. The number of rotatable bonds is 3. The molecule has 0 radical (unpaired) electrons. The fraction of sp³-hybridized carbons (Fsp3) is 0.318. The first-order valence-corrected chi connectivity index (χ1v) is 10.1. The average Bonchev–Trinajstić information content (AvgIpc) is 2.72. The van der Waals surface area contributed by atoms with E-state index in [1.807, 2.05) is 41.3 Å². The summed E-state index contributed by atoms with van der Waals surface area (Å²) in [5, 5.41) is 9.33. The number of carbonyl (C=O) groups is 1. The zero-order chi connectivity index (χ0) is 18.4. The highest BCUT2D eigenvalue weighted by Crippen LogP contribution is 2.18. The molecule has 2 aromatic rings. The Bertz CT molecular complexity index is 803. The molecule has 1 aliphatic heterocycles. The first-order chi connectivity index (χ1) is 12.7. The van der Waals surface area contributed by atoms with E-state index in [9.17, 15) is 9.90 Å². The second-order valence-corrected chi connectivity index (χ2v) is 7.38. The lowest BCUT2D eigenvalue weighted by Gasteiger charge is -2.31. The fourth-order valence-electron chi connectivity index (χ4n) is 3.10. The van der Waals surface area contributed by atoms with Crippen LogP contribution >= 0.6 is 11.8 Å². The summed E-state index contributed by atoms with van der Waals surface area (Å²) in [6.45, 7) is 1.56. The zero-order valence-electron chi connectivity index (χ0n) is 14.9. The summed E-state index contributed by atoms with van der Waals surface area (Å²) < 4.78 is 0. The van der Waals surface area contributed by atoms with E-state index in [4.69, 9.17) is 0 Å². The minimum Gasteiger partial charge on any atom is -0.396 e. The number of benzene rings is 2. The highest BCUT2D eigenvalue weighted by atomic mass is 32.2. The number of amides is 1. The minimum absolute atomic E-state index is 0.0373. The van der Waals surface area contributed by atoms with Crippen molar-refractivity contribution in [3.8, 4) is 11.8 Å². The Kier molecular flexibility index (Phi) is 6.38. The Morgan fingerprint density at radius 3 is 2.31 bits per heavy atom. The summed E-state index contributed by atoms with van der Waals surface area (Å²) >= 11 is 1.71. The van der Waals surface area contributed by atoms with Gasteiger partial charge < -0.3 is 10.0 Å². The quantitative estimate of drug-likeness (QED) is 0.667. The second kappa shape index (κ2) is 8.93. The van der Waals surface area contributed by atoms with Gasteiger partial charge in [0.05, 0.1) is 0 Å². The number of likely N-dealkylation sites (tertiary alicyclic amines) is 1. The van der Waals surface area contributed by atoms with Gasteiger partial charge in [-0.05, 0) is 73.5 Å². The van der Waals surface area contributed by atoms with Crippen LogP contribution in [-0.4, -0.2) is 41.9 Å². The van der Waals surface area contributed by atoms with Crippen molar-refractivity contribution in [1.82, 2.24) is 4.90 Å². The van der Waals surface area contributed by atoms with Crippen LogP contribution in [0.3, 0.4) is 0 Å². The summed E-state index contributed by atoms with van der Waals surface area (Å²) in [6.07, 6.45) is 4.00. The van der Waals surface area contributed by atoms with Gasteiger partial charge >= 0.3 is 0 Å². The lowest BCUT2D eigenvalue weighted by molar-refractivity contribution is 0.0620. The lowest BCUT2D eigenvalue weighted by atomic mass is 9.98. The SMILES string of the molecule is CSc1ccc(C#Cc2ccc(C(=O)N3CCC[C@@H](CO)C3)cc2)cc1. The third kappa shape index (κ3) is 4.69. The van der Waals surface area contributed by atoms with E-state index in [1.54, 1.807) is 11.8 Å². The molecule has 1 fully saturated rings. The van der Waals surface area contributed by atoms with Gasteiger partial charge in [0.1, 0.15) is 0 Å². The summed E-state index contributed by atoms with van der Waals surface area (Å²) in [5.41, 5.74) is 2.55. The maximum atomic E-state index is 12.6. The minimum atomic E-state index is 0.0373. The van der Waals surface area contributed by atoms with Crippen LogP contribution in [0.25, 0.3) is 0 Å². The number of aliphatic hydroxyl groups excluding tert-OH is 1. The van der Waals surface area contributed by atoms with E-state index < -0.39 is 0 Å². The van der Waals surface area contributed by atoms with E-state index in [-0.39, 0.29) is 18.4 Å². The van der Waals surface area contributed by atoms with Gasteiger partial charge in [-0.15, -0.1) is 11.8 Å². The molecule has 134 valence electrons. The summed E-state index contributed by atoms with van der Waals surface area (Å²) in [4.78, 5) is 15.7. The van der Waals surface area contributed by atoms with Gasteiger partial charge in [0.2, 0.25) is 0 Å². The Morgan fingerprint density at radius 2 is 1.73 bits per heavy atom. The van der Waals surface area contributed by atoms with Gasteiger partial charge in [0.25, 0.3) is 5.91 Å². The van der Waals surface area contributed by atoms with Crippen molar-refractivity contribution in [2.45, 2.75) is 17.7 Å². The third-order valence-corrected chi connectivity index (χ3v) is 5.38. The molecule has 2 aromatic carbocycles. The summed E-state index contributed by atoms with van der Waals surface area (Å²) in [7, 11) is 0. The van der Waals surface area contributed by atoms with E-state index >= 15 is 0 Å². The summed E-state index contributed by atoms with van der Waals surface area (Å²) in [5.74, 6) is 6.54. The predicted molar refractivity (Wildman–Crippen MR) is 106 cm³/mol. The van der Waals surface area contributed by atoms with Crippen molar-refractivity contribution in [3.05, 3.63) is 65.2 Å². The molecule has 0 saturated carbocycles. The zero-order valence-corrected chi connectivity index (χ0v) is 15.8. The van der Waals surface area contributed by atoms with Crippen LogP contribution in [0.1, 0.15) is 34.3 Å². The molecule has 1 heterocycles. The maximum Gasteiger partial charge on any atom is 0.253 e. The standard InChI is InChI=1S/C22H23NO2S/c1-26-21-12-8-18(9-13-21)5-4-17-6-10-20(11-7-17)22(25)23-14-2-3-19(15-23)16-24/h6-13,19,24H,2-3,14-16H2,1H3/t19-/m1/s1. The van der Waals surface area contributed by atoms with Crippen LogP contribution in [0.4, 0.5) is 0 Å². The molecule has 0 spiro atoms. The van der Waals surface area contributed by atoms with E-state index in [0.717, 1.165) is 30.5 Å². The number of hydrogen-bond acceptors (Lipinski definition) is 3. The van der Waals surface area contributed by atoms with Crippen LogP contribution < -0.4 is 0 Å². The van der Waals surface area contributed by atoms with Crippen LogP contribution in [0.2, 0.25) is 0 Å². The second-order valence-electron chi connectivity index (χ2n) is 6.50. The van der Waals surface area contributed by atoms with Crippen molar-refractivity contribution in [2.24, 2.45) is 5.92 Å². The Labute approximate surface area is 159 Å². The molecular weight excluding hydrogens is 342 g/mol. The molecule has 1 amide bonds. The molecule has 1 atom stereocenters. The largest absolute Gasteiger partial charge is 0.396 e. The van der Waals surface area contributed by atoms with Crippen LogP contribution in [0, 0.1) is 17.8 Å². The van der Waals surface area contributed by atoms with Crippen LogP contribution in [-0.2, 0) is 0 Å². The lowest BCUT2D eigenvalue weighted by Crippen LogP contribution is -2.40. The van der Waals surface area contributed by atoms with E-state index in [2.05, 4.69) is 30.2 Å². The molecule has 4 heteroatoms. The van der Waals surface area contributed by atoms with Gasteiger partial charge in [-0.2, -0.15) is 0 Å². The number of nitrogens with zero attached hydrogens (tertiary/aromatic N) is 1. The van der Waals surface area contributed by atoms with Crippen molar-refractivity contribution in [2.75, 3.05) is 26.0 Å². The van der Waals surface area contributed by atoms with Crippen molar-refractivity contribution < 1.29 is 9.90 Å². The van der Waals surface area contributed by atoms with Gasteiger partial charge in [0.15, 0.2) is 0 Å². The molecule has 3 nitrogen and oxygen atoms in total. The molecule has 1 saturated heterocycles. The van der Waals surface area contributed by atoms with Crippen LogP contribution in [0.5, 0.6) is 0 Å². The van der Waals surface area contributed by atoms with Crippen molar-refractivity contribution in [1.29, 1.82) is 0 Å². The molecule has 0 unspecified atom stereocenters. The Morgan fingerprint density at radius 1 is 1.12 bits per heavy atom. The Hall–Kier alpha value is -2.22. The van der Waals surface area contributed by atoms with E-state index in [0.29, 0.717) is 12.1 Å². The first-order valence-electron chi connectivity index (χ1n) is 8.86. The highest BCUT2D eigenvalue weighted by Gasteiger charge is 2.23. The number of aliphatic hydroxyl groups is 1. The molecule has 1 N–H and O–H groups in total. The van der Waals surface area contributed by atoms with Gasteiger partial charge in [-0.25, -0.2) is 0 Å². The molecule has 1 aliphatic rings. The third-order valence-electron chi connectivity index (χ3n) is 4.64. The maximum absolute atomic E-state index is 12.6. The predicted octanol–water partition coefficient (Wildman–Crippen LogP) is 3.65. The van der Waals surface area contributed by atoms with Crippen LogP contribution in [0.15, 0.2) is 53.4 Å². The average molecular weight is 365 g/mol. The molecule has 0 aromatic heterocycles. The molecule has 0 bridgehead atoms. The fourth-order valence-corrected chi connectivity index (χ4v) is 3.50. The van der Waals surface area contributed by atoms with Crippen molar-refractivity contribution >= 4 is 17.7 Å². The topological polar surface area (TPSA) is 40.5 Å². The van der Waals surface area contributed by atoms with Gasteiger partial charge in [-0.3, -0.25) is 4.79 Å². The Balaban J connectivity index is 1.66. The molecule has 0 aliphatic carbocycles. The smallest absolute Gasteiger partial charge is 0.253 e. The molecule has 3 rings (SSSR count). The normalized spacial score (nSPS) is 16.7. The van der Waals surface area contributed by atoms with E-state index in [1.165, 1.54) is 4.90 Å². The van der Waals surface area contributed by atoms with Gasteiger partial charge in [-0.1, -0.05) is 11.8 Å². The highest BCUT2D eigenvalue weighted by molar-refractivity contribution is 7.98. The van der Waals surface area contributed by atoms with Crippen molar-refractivity contribution in [3.63, 3.8) is 0 Å². The van der Waals surface area contributed by atoms with Gasteiger partial charge in [0, 0.05) is 41.3 Å². The number of piperidine rings is 1. The monoisotopic (exact) mass is 365 g/mol.